The van der Waals surface area contributed by atoms with Crippen LogP contribution in [0.3, 0.4) is 0 Å². The average Bonchev–Trinajstić information content (AvgIpc) is 1.83. The van der Waals surface area contributed by atoms with Gasteiger partial charge in [-0.25, -0.2) is 9.78 Å². The maximum absolute atomic E-state index is 11.2. The lowest BCUT2D eigenvalue weighted by atomic mass is 10.1. The quantitative estimate of drug-likeness (QED) is 0.590. The molecule has 0 unspecified atom stereocenters. The molecule has 0 saturated heterocycles. The SMILES string of the molecule is CC(C)(C)n1cnc(N)nc1=O. The van der Waals surface area contributed by atoms with Crippen molar-refractivity contribution in [2.24, 2.45) is 0 Å². The van der Waals surface area contributed by atoms with Crippen LogP contribution in [0.4, 0.5) is 5.95 Å². The van der Waals surface area contributed by atoms with E-state index in [4.69, 9.17) is 5.73 Å². The molecule has 1 aromatic heterocycles. The third-order valence-electron chi connectivity index (χ3n) is 1.44. The van der Waals surface area contributed by atoms with Gasteiger partial charge in [0, 0.05) is 5.54 Å². The molecule has 0 aliphatic carbocycles. The molecule has 0 aliphatic rings. The van der Waals surface area contributed by atoms with Crippen molar-refractivity contribution in [3.8, 4) is 0 Å². The molecule has 1 rings (SSSR count). The molecule has 1 heterocycles. The van der Waals surface area contributed by atoms with E-state index in [2.05, 4.69) is 9.97 Å². The highest BCUT2D eigenvalue weighted by atomic mass is 16.1. The van der Waals surface area contributed by atoms with Crippen LogP contribution in [-0.2, 0) is 5.54 Å². The number of nitrogen functional groups attached to an aromatic ring is 1. The average molecular weight is 168 g/mol. The molecule has 0 radical (unpaired) electrons. The van der Waals surface area contributed by atoms with E-state index in [0.29, 0.717) is 0 Å². The second-order valence-electron chi connectivity index (χ2n) is 3.54. The first-order valence-electron chi connectivity index (χ1n) is 3.63. The summed E-state index contributed by atoms with van der Waals surface area (Å²) < 4.78 is 1.43. The number of anilines is 1. The molecule has 0 spiro atoms. The van der Waals surface area contributed by atoms with Crippen LogP contribution in [0.1, 0.15) is 20.8 Å². The Bertz CT molecular complexity index is 336. The second kappa shape index (κ2) is 2.58. The largest absolute Gasteiger partial charge is 0.368 e. The normalized spacial score (nSPS) is 11.6. The molecule has 66 valence electrons. The third kappa shape index (κ3) is 1.61. The van der Waals surface area contributed by atoms with E-state index < -0.39 is 0 Å². The zero-order chi connectivity index (χ0) is 9.35. The highest BCUT2D eigenvalue weighted by Crippen LogP contribution is 2.08. The molecule has 1 aromatic rings. The fraction of sp³-hybridized carbons (Fsp3) is 0.571. The zero-order valence-electron chi connectivity index (χ0n) is 7.40. The van der Waals surface area contributed by atoms with E-state index in [1.807, 2.05) is 20.8 Å². The van der Waals surface area contributed by atoms with Gasteiger partial charge in [0.2, 0.25) is 5.95 Å². The standard InChI is InChI=1S/C7H12N4O/c1-7(2,3)11-4-9-5(8)10-6(11)12/h4H,1-3H3,(H2,8,10,12). The molecular weight excluding hydrogens is 156 g/mol. The minimum Gasteiger partial charge on any atom is -0.368 e. The van der Waals surface area contributed by atoms with Crippen LogP contribution in [0.5, 0.6) is 0 Å². The van der Waals surface area contributed by atoms with Gasteiger partial charge in [-0.3, -0.25) is 4.57 Å². The fourth-order valence-corrected chi connectivity index (χ4v) is 0.807. The minimum absolute atomic E-state index is 0.0144. The maximum atomic E-state index is 11.2. The van der Waals surface area contributed by atoms with Crippen LogP contribution >= 0.6 is 0 Å². The Kier molecular flexibility index (Phi) is 1.87. The van der Waals surface area contributed by atoms with Crippen molar-refractivity contribution >= 4 is 5.95 Å². The summed E-state index contributed by atoms with van der Waals surface area (Å²) in [5, 5.41) is 0. The summed E-state index contributed by atoms with van der Waals surface area (Å²) in [6.45, 7) is 5.69. The van der Waals surface area contributed by atoms with Gasteiger partial charge in [0.05, 0.1) is 0 Å². The smallest absolute Gasteiger partial charge is 0.352 e. The van der Waals surface area contributed by atoms with Crippen LogP contribution in [0.15, 0.2) is 11.1 Å². The molecule has 0 atom stereocenters. The Morgan fingerprint density at radius 1 is 1.50 bits per heavy atom. The van der Waals surface area contributed by atoms with Crippen LogP contribution < -0.4 is 11.4 Å². The first kappa shape index (κ1) is 8.70. The molecule has 0 amide bonds. The van der Waals surface area contributed by atoms with Gasteiger partial charge in [-0.1, -0.05) is 0 Å². The Balaban J connectivity index is 3.29. The number of rotatable bonds is 0. The minimum atomic E-state index is -0.366. The topological polar surface area (TPSA) is 73.8 Å². The Morgan fingerprint density at radius 2 is 2.08 bits per heavy atom. The van der Waals surface area contributed by atoms with Gasteiger partial charge >= 0.3 is 5.69 Å². The van der Waals surface area contributed by atoms with Gasteiger partial charge in [-0.15, -0.1) is 0 Å². The van der Waals surface area contributed by atoms with Gasteiger partial charge in [0.15, 0.2) is 0 Å². The van der Waals surface area contributed by atoms with E-state index in [1.165, 1.54) is 10.9 Å². The van der Waals surface area contributed by atoms with E-state index in [1.54, 1.807) is 0 Å². The monoisotopic (exact) mass is 168 g/mol. The highest BCUT2D eigenvalue weighted by Gasteiger charge is 2.14. The molecule has 0 fully saturated rings. The lowest BCUT2D eigenvalue weighted by Gasteiger charge is -2.20. The van der Waals surface area contributed by atoms with Gasteiger partial charge < -0.3 is 5.73 Å². The summed E-state index contributed by atoms with van der Waals surface area (Å²) in [5.41, 5.74) is 4.57. The third-order valence-corrected chi connectivity index (χ3v) is 1.44. The molecule has 2 N–H and O–H groups in total. The summed E-state index contributed by atoms with van der Waals surface area (Å²) in [4.78, 5) is 18.5. The number of hydrogen-bond acceptors (Lipinski definition) is 4. The molecule has 0 bridgehead atoms. The molecule has 12 heavy (non-hydrogen) atoms. The predicted octanol–water partition coefficient (Wildman–Crippen LogP) is -0.0245. The number of nitrogens with zero attached hydrogens (tertiary/aromatic N) is 3. The van der Waals surface area contributed by atoms with Crippen LogP contribution in [0, 0.1) is 0 Å². The maximum Gasteiger partial charge on any atom is 0.352 e. The second-order valence-corrected chi connectivity index (χ2v) is 3.54. The van der Waals surface area contributed by atoms with Crippen molar-refractivity contribution in [3.05, 3.63) is 16.8 Å². The van der Waals surface area contributed by atoms with Gasteiger partial charge in [0.25, 0.3) is 0 Å². The molecule has 0 aliphatic heterocycles. The Hall–Kier alpha value is -1.39. The van der Waals surface area contributed by atoms with Gasteiger partial charge in [0.1, 0.15) is 6.33 Å². The van der Waals surface area contributed by atoms with Crippen molar-refractivity contribution in [2.45, 2.75) is 26.3 Å². The molecular formula is C7H12N4O. The van der Waals surface area contributed by atoms with Gasteiger partial charge in [-0.2, -0.15) is 4.98 Å². The van der Waals surface area contributed by atoms with E-state index >= 15 is 0 Å². The first-order chi connectivity index (χ1) is 5.41. The van der Waals surface area contributed by atoms with Crippen LogP contribution in [0.2, 0.25) is 0 Å². The molecule has 5 heteroatoms. The summed E-state index contributed by atoms with van der Waals surface area (Å²) in [5.74, 6) is 0.0144. The van der Waals surface area contributed by atoms with Crippen molar-refractivity contribution in [1.29, 1.82) is 0 Å². The Morgan fingerprint density at radius 3 is 2.50 bits per heavy atom. The van der Waals surface area contributed by atoms with E-state index in [-0.39, 0.29) is 17.2 Å². The van der Waals surface area contributed by atoms with Crippen LogP contribution in [-0.4, -0.2) is 14.5 Å². The number of nitrogens with two attached hydrogens (primary N) is 1. The van der Waals surface area contributed by atoms with Crippen molar-refractivity contribution < 1.29 is 0 Å². The van der Waals surface area contributed by atoms with Gasteiger partial charge in [-0.05, 0) is 20.8 Å². The number of hydrogen-bond donors (Lipinski definition) is 1. The van der Waals surface area contributed by atoms with Crippen molar-refractivity contribution in [2.75, 3.05) is 5.73 Å². The van der Waals surface area contributed by atoms with E-state index in [9.17, 15) is 4.79 Å². The highest BCUT2D eigenvalue weighted by molar-refractivity contribution is 5.10. The molecule has 0 aromatic carbocycles. The number of aromatic nitrogens is 3. The van der Waals surface area contributed by atoms with Crippen molar-refractivity contribution in [1.82, 2.24) is 14.5 Å². The molecule has 0 saturated carbocycles. The predicted molar refractivity (Wildman–Crippen MR) is 45.7 cm³/mol. The van der Waals surface area contributed by atoms with Crippen molar-refractivity contribution in [3.63, 3.8) is 0 Å². The summed E-state index contributed by atoms with van der Waals surface area (Å²) >= 11 is 0. The van der Waals surface area contributed by atoms with Crippen LogP contribution in [0.25, 0.3) is 0 Å². The first-order valence-corrected chi connectivity index (χ1v) is 3.63. The lowest BCUT2D eigenvalue weighted by Crippen LogP contribution is -2.35. The lowest BCUT2D eigenvalue weighted by molar-refractivity contribution is 0.372. The summed E-state index contributed by atoms with van der Waals surface area (Å²) in [6, 6.07) is 0. The zero-order valence-corrected chi connectivity index (χ0v) is 7.40. The summed E-state index contributed by atoms with van der Waals surface area (Å²) in [6.07, 6.45) is 1.41. The molecule has 5 nitrogen and oxygen atoms in total. The Labute approximate surface area is 70.3 Å². The summed E-state index contributed by atoms with van der Waals surface area (Å²) in [7, 11) is 0. The fourth-order valence-electron chi connectivity index (χ4n) is 0.807. The van der Waals surface area contributed by atoms with E-state index in [0.717, 1.165) is 0 Å².